The van der Waals surface area contributed by atoms with E-state index in [1.165, 1.54) is 29.4 Å². The second-order valence-electron chi connectivity index (χ2n) is 8.50. The molecule has 4 N–H and O–H groups in total. The van der Waals surface area contributed by atoms with E-state index >= 15 is 0 Å². The molecule has 3 aromatic rings. The van der Waals surface area contributed by atoms with Gasteiger partial charge in [0.2, 0.25) is 5.95 Å². The van der Waals surface area contributed by atoms with Gasteiger partial charge in [-0.25, -0.2) is 18.2 Å². The van der Waals surface area contributed by atoms with Crippen LogP contribution in [0.25, 0.3) is 10.9 Å². The summed E-state index contributed by atoms with van der Waals surface area (Å²) in [7, 11) is 0. The zero-order valence-electron chi connectivity index (χ0n) is 21.1. The maximum absolute atomic E-state index is 13.8. The topological polar surface area (TPSA) is 101 Å². The average molecular weight is 571 g/mol. The molecule has 3 heterocycles. The van der Waals surface area contributed by atoms with Crippen molar-refractivity contribution in [3.8, 4) is 6.07 Å². The quantitative estimate of drug-likeness (QED) is 0.132. The van der Waals surface area contributed by atoms with Crippen LogP contribution in [0.1, 0.15) is 12.5 Å². The number of hydrazine groups is 2. The van der Waals surface area contributed by atoms with E-state index in [1.807, 2.05) is 6.07 Å². The molecule has 13 heteroatoms. The third-order valence-corrected chi connectivity index (χ3v) is 6.09. The molecule has 0 radical (unpaired) electrons. The molecule has 4 rings (SSSR count). The van der Waals surface area contributed by atoms with Gasteiger partial charge < -0.3 is 16.1 Å². The molecular weight excluding hydrogens is 548 g/mol. The summed E-state index contributed by atoms with van der Waals surface area (Å²) in [5.41, 5.74) is 8.02. The summed E-state index contributed by atoms with van der Waals surface area (Å²) in [6.45, 7) is 5.10. The number of aromatic nitrogens is 2. The number of nitriles is 1. The molecule has 0 bridgehead atoms. The van der Waals surface area contributed by atoms with Gasteiger partial charge in [0.15, 0.2) is 5.82 Å². The van der Waals surface area contributed by atoms with Crippen molar-refractivity contribution in [1.82, 2.24) is 25.9 Å². The Morgan fingerprint density at radius 2 is 2.02 bits per heavy atom. The largest absolute Gasteiger partial charge is 0.373 e. The zero-order chi connectivity index (χ0) is 28.8. The van der Waals surface area contributed by atoms with Crippen molar-refractivity contribution >= 4 is 39.6 Å². The molecule has 0 unspecified atom stereocenters. The van der Waals surface area contributed by atoms with Crippen molar-refractivity contribution in [2.24, 2.45) is 0 Å². The highest BCUT2D eigenvalue weighted by Gasteiger charge is 2.23. The lowest BCUT2D eigenvalue weighted by atomic mass is 10.0. The van der Waals surface area contributed by atoms with E-state index in [0.717, 1.165) is 12.3 Å². The molecule has 0 aliphatic carbocycles. The Morgan fingerprint density at radius 3 is 2.73 bits per heavy atom. The molecule has 0 spiro atoms. The summed E-state index contributed by atoms with van der Waals surface area (Å²) >= 11 is 6.57. The smallest absolute Gasteiger partial charge is 0.249 e. The molecular formula is C27H23ClF4N8. The number of hydrogen-bond donors (Lipinski definition) is 4. The first-order chi connectivity index (χ1) is 19.2. The van der Waals surface area contributed by atoms with Crippen molar-refractivity contribution in [2.45, 2.75) is 13.0 Å². The van der Waals surface area contributed by atoms with Gasteiger partial charge in [0.1, 0.15) is 18.6 Å². The lowest BCUT2D eigenvalue weighted by Crippen LogP contribution is -2.40. The molecule has 1 atom stereocenters. The normalized spacial score (nSPS) is 14.2. The second kappa shape index (κ2) is 12.5. The van der Waals surface area contributed by atoms with Gasteiger partial charge >= 0.3 is 0 Å². The summed E-state index contributed by atoms with van der Waals surface area (Å²) in [4.78, 5) is 7.65. The minimum absolute atomic E-state index is 0.0804. The predicted octanol–water partition coefficient (Wildman–Crippen LogP) is 6.08. The molecule has 0 amide bonds. The first-order valence-electron chi connectivity index (χ1n) is 11.9. The summed E-state index contributed by atoms with van der Waals surface area (Å²) in [5, 5.41) is 18.0. The van der Waals surface area contributed by atoms with Crippen molar-refractivity contribution in [1.29, 1.82) is 5.26 Å². The Balaban J connectivity index is 1.77. The summed E-state index contributed by atoms with van der Waals surface area (Å²) in [5.74, 6) is -2.89. The minimum atomic E-state index is -1.26. The molecule has 1 aliphatic heterocycles. The van der Waals surface area contributed by atoms with E-state index in [4.69, 9.17) is 11.6 Å². The van der Waals surface area contributed by atoms with Gasteiger partial charge in [-0.05, 0) is 30.7 Å². The highest BCUT2D eigenvalue weighted by atomic mass is 35.5. The Bertz CT molecular complexity index is 1580. The van der Waals surface area contributed by atoms with Crippen molar-refractivity contribution < 1.29 is 17.6 Å². The summed E-state index contributed by atoms with van der Waals surface area (Å²) in [6.07, 6.45) is 8.08. The second-order valence-corrected chi connectivity index (χ2v) is 8.90. The van der Waals surface area contributed by atoms with Gasteiger partial charge in [-0.3, -0.25) is 9.99 Å². The van der Waals surface area contributed by atoms with E-state index in [9.17, 15) is 22.8 Å². The van der Waals surface area contributed by atoms with Crippen LogP contribution in [0.15, 0.2) is 78.7 Å². The molecule has 0 fully saturated rings. The van der Waals surface area contributed by atoms with Crippen molar-refractivity contribution in [3.63, 3.8) is 0 Å². The van der Waals surface area contributed by atoms with Crippen LogP contribution in [0.2, 0.25) is 5.02 Å². The highest BCUT2D eigenvalue weighted by molar-refractivity contribution is 6.36. The van der Waals surface area contributed by atoms with Crippen LogP contribution in [0.4, 0.5) is 34.6 Å². The van der Waals surface area contributed by atoms with E-state index in [-0.39, 0.29) is 28.5 Å². The number of pyridine rings is 2. The number of nitrogens with zero attached hydrogens (tertiary/aromatic N) is 4. The first-order valence-corrected chi connectivity index (χ1v) is 12.2. The van der Waals surface area contributed by atoms with Crippen LogP contribution in [0.3, 0.4) is 0 Å². The van der Waals surface area contributed by atoms with Gasteiger partial charge in [-0.2, -0.15) is 9.65 Å². The molecule has 0 saturated heterocycles. The molecule has 2 aromatic heterocycles. The van der Waals surface area contributed by atoms with Gasteiger partial charge in [0.25, 0.3) is 0 Å². The molecule has 0 saturated carbocycles. The maximum atomic E-state index is 13.8. The number of alkyl halides is 1. The predicted molar refractivity (Wildman–Crippen MR) is 146 cm³/mol. The van der Waals surface area contributed by atoms with Gasteiger partial charge in [-0.1, -0.05) is 30.3 Å². The Morgan fingerprint density at radius 1 is 1.23 bits per heavy atom. The molecule has 1 aromatic carbocycles. The Labute approximate surface area is 232 Å². The number of hydrogen-bond acceptors (Lipinski definition) is 8. The lowest BCUT2D eigenvalue weighted by molar-refractivity contribution is 0.246. The molecule has 1 aliphatic rings. The van der Waals surface area contributed by atoms with Gasteiger partial charge in [0.05, 0.1) is 52.0 Å². The van der Waals surface area contributed by atoms with Crippen LogP contribution >= 0.6 is 11.6 Å². The number of fused-ring (bicyclic) bond motifs is 1. The third kappa shape index (κ3) is 6.33. The number of nitrogens with one attached hydrogen (secondary N) is 4. The average Bonchev–Trinajstić information content (AvgIpc) is 3.41. The molecule has 40 heavy (non-hydrogen) atoms. The van der Waals surface area contributed by atoms with Crippen LogP contribution in [-0.4, -0.2) is 34.2 Å². The first kappa shape index (κ1) is 28.4. The van der Waals surface area contributed by atoms with Crippen LogP contribution < -0.4 is 21.6 Å². The third-order valence-electron chi connectivity index (χ3n) is 5.80. The maximum Gasteiger partial charge on any atom is 0.249 e. The van der Waals surface area contributed by atoms with E-state index in [1.54, 1.807) is 25.3 Å². The SMILES string of the molecule is C=C(/C=C\C(F)=C/C)[C@H](Nc1cc(Cl)c2ncc(C#N)c(Nc3cnc(F)c(F)c3)c2c1)C1=CN(CCF)NN1. The molecule has 206 valence electrons. The highest BCUT2D eigenvalue weighted by Crippen LogP contribution is 2.36. The van der Waals surface area contributed by atoms with Crippen LogP contribution in [0, 0.1) is 23.1 Å². The summed E-state index contributed by atoms with van der Waals surface area (Å²) < 4.78 is 53.9. The monoisotopic (exact) mass is 570 g/mol. The van der Waals surface area contributed by atoms with Gasteiger partial charge in [0, 0.05) is 29.5 Å². The number of benzene rings is 1. The standard InChI is InChI=1S/C27H23ClF4N8/c1-3-17(30)5-4-15(2)24(23-14-40(7-6-29)39-38-23)36-18-8-20-25(37-19-10-22(31)27(32)35-13-19)16(11-33)12-34-26(20)21(28)9-18/h3-5,8-10,12-14,24,36,38-39H,2,6-7H2,1H3,(H,34,37)/b5-4-,17-3+/t24-/m0/s1. The number of anilines is 3. The van der Waals surface area contributed by atoms with Crippen molar-refractivity contribution in [3.05, 3.63) is 101 Å². The van der Waals surface area contributed by atoms with Crippen LogP contribution in [0.5, 0.6) is 0 Å². The van der Waals surface area contributed by atoms with Gasteiger partial charge in [-0.15, -0.1) is 5.53 Å². The fourth-order valence-electron chi connectivity index (χ4n) is 3.84. The number of rotatable bonds is 10. The van der Waals surface area contributed by atoms with Crippen LogP contribution in [-0.2, 0) is 0 Å². The fraction of sp³-hybridized carbons (Fsp3) is 0.148. The van der Waals surface area contributed by atoms with E-state index in [0.29, 0.717) is 27.9 Å². The lowest BCUT2D eigenvalue weighted by Gasteiger charge is -2.22. The minimum Gasteiger partial charge on any atom is -0.373 e. The fourth-order valence-corrected chi connectivity index (χ4v) is 4.11. The zero-order valence-corrected chi connectivity index (χ0v) is 21.8. The van der Waals surface area contributed by atoms with E-state index < -0.39 is 30.3 Å². The number of allylic oxidation sites excluding steroid dienone is 3. The Kier molecular flexibility index (Phi) is 8.88. The Hall–Kier alpha value is -4.60. The van der Waals surface area contributed by atoms with Crippen molar-refractivity contribution in [2.75, 3.05) is 23.9 Å². The van der Waals surface area contributed by atoms with E-state index in [2.05, 4.69) is 38.1 Å². The molecule has 8 nitrogen and oxygen atoms in total. The summed E-state index contributed by atoms with van der Waals surface area (Å²) in [6, 6.07) is 5.53. The number of halogens is 5.